The Morgan fingerprint density at radius 3 is 2.58 bits per heavy atom. The van der Waals surface area contributed by atoms with Gasteiger partial charge in [0.15, 0.2) is 0 Å². The Kier molecular flexibility index (Phi) is 7.50. The third kappa shape index (κ3) is 5.76. The average molecular weight is 328 g/mol. The van der Waals surface area contributed by atoms with Gasteiger partial charge in [-0.3, -0.25) is 9.59 Å². The molecule has 0 saturated carbocycles. The third-order valence-electron chi connectivity index (χ3n) is 3.42. The summed E-state index contributed by atoms with van der Waals surface area (Å²) in [5, 5.41) is 17.5. The molecule has 0 saturated heterocycles. The number of anilines is 1. The number of rotatable bonds is 7. The van der Waals surface area contributed by atoms with Crippen molar-refractivity contribution in [1.82, 2.24) is 10.6 Å². The zero-order valence-corrected chi connectivity index (χ0v) is 14.6. The summed E-state index contributed by atoms with van der Waals surface area (Å²) in [4.78, 5) is 23.1. The summed E-state index contributed by atoms with van der Waals surface area (Å²) in [7, 11) is 0. The second-order valence-electron chi connectivity index (χ2n) is 5.75. The molecule has 0 aromatic heterocycles. The van der Waals surface area contributed by atoms with Gasteiger partial charge < -0.3 is 16.0 Å². The molecule has 0 fully saturated rings. The van der Waals surface area contributed by atoms with E-state index < -0.39 is 5.91 Å². The van der Waals surface area contributed by atoms with Crippen LogP contribution >= 0.6 is 0 Å². The molecule has 1 rings (SSSR count). The molecule has 24 heavy (non-hydrogen) atoms. The minimum Gasteiger partial charge on any atom is -0.388 e. The van der Waals surface area contributed by atoms with Gasteiger partial charge in [0.1, 0.15) is 11.6 Å². The quantitative estimate of drug-likeness (QED) is 0.406. The molecule has 128 valence electrons. The van der Waals surface area contributed by atoms with Crippen molar-refractivity contribution < 1.29 is 9.59 Å². The number of nitriles is 1. The first-order chi connectivity index (χ1) is 11.4. The predicted molar refractivity (Wildman–Crippen MR) is 94.3 cm³/mol. The number of carbonyl (C=O) groups excluding carboxylic acids is 2. The molecule has 6 heteroatoms. The van der Waals surface area contributed by atoms with Crippen LogP contribution in [-0.2, 0) is 9.59 Å². The molecule has 0 bridgehead atoms. The van der Waals surface area contributed by atoms with Crippen LogP contribution in [0.25, 0.3) is 0 Å². The number of amides is 2. The van der Waals surface area contributed by atoms with Crippen molar-refractivity contribution in [2.24, 2.45) is 0 Å². The topological polar surface area (TPSA) is 94.0 Å². The van der Waals surface area contributed by atoms with Gasteiger partial charge in [0.05, 0.1) is 0 Å². The summed E-state index contributed by atoms with van der Waals surface area (Å²) in [6.45, 7) is 8.30. The van der Waals surface area contributed by atoms with E-state index in [0.29, 0.717) is 13.1 Å². The van der Waals surface area contributed by atoms with Gasteiger partial charge in [0.25, 0.3) is 5.91 Å². The minimum absolute atomic E-state index is 0.0178. The maximum atomic E-state index is 12.3. The van der Waals surface area contributed by atoms with E-state index in [4.69, 9.17) is 0 Å². The van der Waals surface area contributed by atoms with Crippen LogP contribution in [0, 0.1) is 18.3 Å². The number of nitrogens with zero attached hydrogens (tertiary/aromatic N) is 1. The van der Waals surface area contributed by atoms with E-state index in [1.807, 2.05) is 31.2 Å². The van der Waals surface area contributed by atoms with Crippen LogP contribution in [0.3, 0.4) is 0 Å². The number of benzene rings is 1. The Labute approximate surface area is 142 Å². The third-order valence-corrected chi connectivity index (χ3v) is 3.42. The molecule has 0 heterocycles. The molecule has 0 spiro atoms. The van der Waals surface area contributed by atoms with Crippen LogP contribution in [0.1, 0.15) is 37.8 Å². The Morgan fingerprint density at radius 2 is 2.00 bits per heavy atom. The van der Waals surface area contributed by atoms with Gasteiger partial charge in [-0.2, -0.15) is 5.26 Å². The lowest BCUT2D eigenvalue weighted by atomic mass is 9.98. The van der Waals surface area contributed by atoms with Crippen LogP contribution in [0.4, 0.5) is 5.69 Å². The molecular formula is C18H24N4O2. The highest BCUT2D eigenvalue weighted by Crippen LogP contribution is 2.27. The van der Waals surface area contributed by atoms with Crippen molar-refractivity contribution >= 4 is 17.5 Å². The fraction of sp³-hybridized carbons (Fsp3) is 0.389. The average Bonchev–Trinajstić information content (AvgIpc) is 2.52. The van der Waals surface area contributed by atoms with E-state index in [2.05, 4.69) is 29.8 Å². The molecule has 0 aliphatic heterocycles. The maximum Gasteiger partial charge on any atom is 0.267 e. The first-order valence-electron chi connectivity index (χ1n) is 7.85. The molecule has 0 radical (unpaired) electrons. The van der Waals surface area contributed by atoms with Crippen molar-refractivity contribution in [2.75, 3.05) is 18.4 Å². The SMILES string of the molecule is CC(=O)NCCN/C=C(/C#N)C(=O)Nc1c(C)cccc1C(C)C. The van der Waals surface area contributed by atoms with E-state index in [-0.39, 0.29) is 17.4 Å². The standard InChI is InChI=1S/C18H24N4O2/c1-12(2)16-7-5-6-13(3)17(16)22-18(24)15(10-19)11-20-8-9-21-14(4)23/h5-7,11-12,20H,8-9H2,1-4H3,(H,21,23)(H,22,24)/b15-11-. The van der Waals surface area contributed by atoms with Crippen molar-refractivity contribution in [3.05, 3.63) is 41.1 Å². The molecule has 1 aromatic carbocycles. The lowest BCUT2D eigenvalue weighted by Crippen LogP contribution is -2.28. The predicted octanol–water partition coefficient (Wildman–Crippen LogP) is 2.19. The second kappa shape index (κ2) is 9.36. The van der Waals surface area contributed by atoms with Crippen LogP contribution in [0.5, 0.6) is 0 Å². The zero-order chi connectivity index (χ0) is 18.1. The molecule has 0 aliphatic rings. The second-order valence-corrected chi connectivity index (χ2v) is 5.75. The number of carbonyl (C=O) groups is 2. The summed E-state index contributed by atoms with van der Waals surface area (Å²) in [6.07, 6.45) is 1.37. The molecular weight excluding hydrogens is 304 g/mol. The highest BCUT2D eigenvalue weighted by molar-refractivity contribution is 6.07. The van der Waals surface area contributed by atoms with E-state index in [0.717, 1.165) is 16.8 Å². The maximum absolute atomic E-state index is 12.3. The first-order valence-corrected chi connectivity index (χ1v) is 7.85. The van der Waals surface area contributed by atoms with Gasteiger partial charge in [-0.15, -0.1) is 0 Å². The highest BCUT2D eigenvalue weighted by Gasteiger charge is 2.14. The summed E-state index contributed by atoms with van der Waals surface area (Å²) >= 11 is 0. The van der Waals surface area contributed by atoms with E-state index in [1.165, 1.54) is 13.1 Å². The summed E-state index contributed by atoms with van der Waals surface area (Å²) in [5.41, 5.74) is 2.71. The Bertz CT molecular complexity index is 672. The van der Waals surface area contributed by atoms with E-state index in [9.17, 15) is 14.9 Å². The monoisotopic (exact) mass is 328 g/mol. The Hall–Kier alpha value is -2.81. The van der Waals surface area contributed by atoms with Crippen LogP contribution in [0.15, 0.2) is 30.0 Å². The molecule has 3 N–H and O–H groups in total. The summed E-state index contributed by atoms with van der Waals surface area (Å²) < 4.78 is 0. The van der Waals surface area contributed by atoms with Gasteiger partial charge in [-0.1, -0.05) is 32.0 Å². The Balaban J connectivity index is 2.78. The van der Waals surface area contributed by atoms with Crippen LogP contribution in [0.2, 0.25) is 0 Å². The molecule has 0 unspecified atom stereocenters. The van der Waals surface area contributed by atoms with Gasteiger partial charge in [0.2, 0.25) is 5.91 Å². The zero-order valence-electron chi connectivity index (χ0n) is 14.6. The summed E-state index contributed by atoms with van der Waals surface area (Å²) in [6, 6.07) is 7.73. The van der Waals surface area contributed by atoms with E-state index >= 15 is 0 Å². The number of hydrogen-bond donors (Lipinski definition) is 3. The normalized spacial score (nSPS) is 10.9. The van der Waals surface area contributed by atoms with Crippen molar-refractivity contribution in [2.45, 2.75) is 33.6 Å². The largest absolute Gasteiger partial charge is 0.388 e. The number of aryl methyl sites for hydroxylation is 1. The van der Waals surface area contributed by atoms with Crippen molar-refractivity contribution in [3.8, 4) is 6.07 Å². The minimum atomic E-state index is -0.458. The van der Waals surface area contributed by atoms with Crippen molar-refractivity contribution in [1.29, 1.82) is 5.26 Å². The summed E-state index contributed by atoms with van der Waals surface area (Å²) in [5.74, 6) is -0.328. The number of hydrogen-bond acceptors (Lipinski definition) is 4. The fourth-order valence-corrected chi connectivity index (χ4v) is 2.16. The lowest BCUT2D eigenvalue weighted by Gasteiger charge is -2.16. The molecule has 0 aliphatic carbocycles. The van der Waals surface area contributed by atoms with Crippen molar-refractivity contribution in [3.63, 3.8) is 0 Å². The Morgan fingerprint density at radius 1 is 1.29 bits per heavy atom. The number of nitrogens with one attached hydrogen (secondary N) is 3. The van der Waals surface area contributed by atoms with Crippen LogP contribution in [-0.4, -0.2) is 24.9 Å². The highest BCUT2D eigenvalue weighted by atomic mass is 16.2. The van der Waals surface area contributed by atoms with Gasteiger partial charge in [-0.25, -0.2) is 0 Å². The van der Waals surface area contributed by atoms with Crippen LogP contribution < -0.4 is 16.0 Å². The molecule has 0 atom stereocenters. The van der Waals surface area contributed by atoms with Gasteiger partial charge in [0, 0.05) is 31.9 Å². The lowest BCUT2D eigenvalue weighted by molar-refractivity contribution is -0.119. The molecule has 6 nitrogen and oxygen atoms in total. The molecule has 1 aromatic rings. The molecule has 2 amide bonds. The van der Waals surface area contributed by atoms with Gasteiger partial charge in [-0.05, 0) is 24.0 Å². The van der Waals surface area contributed by atoms with E-state index in [1.54, 1.807) is 0 Å². The number of para-hydroxylation sites is 1. The smallest absolute Gasteiger partial charge is 0.267 e. The first kappa shape index (κ1) is 19.2. The fourth-order valence-electron chi connectivity index (χ4n) is 2.16. The van der Waals surface area contributed by atoms with Gasteiger partial charge >= 0.3 is 0 Å².